The zero-order valence-corrected chi connectivity index (χ0v) is 30.6. The van der Waals surface area contributed by atoms with Crippen LogP contribution in [0.25, 0.3) is 33.0 Å². The summed E-state index contributed by atoms with van der Waals surface area (Å²) in [6.45, 7) is 8.40. The number of piperidine rings is 1. The first kappa shape index (κ1) is 35.6. The van der Waals surface area contributed by atoms with Crippen LogP contribution in [0.15, 0.2) is 83.6 Å². The Balaban J connectivity index is 1.22. The third-order valence-corrected chi connectivity index (χ3v) is 9.68. The van der Waals surface area contributed by atoms with Crippen LogP contribution in [0.4, 0.5) is 26.6 Å². The lowest BCUT2D eigenvalue weighted by Crippen LogP contribution is -2.47. The second kappa shape index (κ2) is 14.0. The van der Waals surface area contributed by atoms with E-state index in [4.69, 9.17) is 19.0 Å². The number of nitrogens with zero attached hydrogens (tertiary/aromatic N) is 6. The minimum atomic E-state index is -4.13. The Morgan fingerprint density at radius 3 is 2.58 bits per heavy atom. The van der Waals surface area contributed by atoms with Gasteiger partial charge in [0.25, 0.3) is 0 Å². The number of ether oxygens (including phenoxy) is 2. The molecule has 3 aromatic heterocycles. The van der Waals surface area contributed by atoms with Gasteiger partial charge in [-0.15, -0.1) is 0 Å². The number of hydrogen-bond donors (Lipinski definition) is 1. The lowest BCUT2D eigenvalue weighted by atomic mass is 10.0. The van der Waals surface area contributed by atoms with E-state index in [1.165, 1.54) is 12.1 Å². The van der Waals surface area contributed by atoms with E-state index >= 15 is 4.39 Å². The van der Waals surface area contributed by atoms with Crippen molar-refractivity contribution >= 4 is 55.3 Å². The average Bonchev–Trinajstić information content (AvgIpc) is 3.53. The first-order valence-corrected chi connectivity index (χ1v) is 18.9. The summed E-state index contributed by atoms with van der Waals surface area (Å²) in [5, 5.41) is 8.50. The summed E-state index contributed by atoms with van der Waals surface area (Å²) >= 11 is 0. The molecule has 7 rings (SSSR count). The van der Waals surface area contributed by atoms with Crippen LogP contribution in [0.3, 0.4) is 0 Å². The summed E-state index contributed by atoms with van der Waals surface area (Å²) in [7, 11) is -4.13. The van der Waals surface area contributed by atoms with Crippen molar-refractivity contribution in [3.63, 3.8) is 0 Å². The summed E-state index contributed by atoms with van der Waals surface area (Å²) in [6, 6.07) is 18.1. The molecule has 1 atom stereocenters. The molecular formula is C38H38FN7O6S. The maximum Gasteiger partial charge on any atom is 0.410 e. The first-order chi connectivity index (χ1) is 25.3. The largest absolute Gasteiger partial charge is 0.444 e. The molecule has 0 spiro atoms. The molecule has 1 fully saturated rings. The van der Waals surface area contributed by atoms with Gasteiger partial charge in [0.2, 0.25) is 21.9 Å². The number of benzene rings is 3. The predicted octanol–water partition coefficient (Wildman–Crippen LogP) is 7.98. The monoisotopic (exact) mass is 739 g/mol. The number of pyridine rings is 1. The number of carbonyl (C=O) groups is 1. The van der Waals surface area contributed by atoms with Crippen LogP contribution in [0.1, 0.15) is 39.2 Å². The first-order valence-electron chi connectivity index (χ1n) is 17.0. The molecule has 1 N–H and O–H groups in total. The highest BCUT2D eigenvalue weighted by Crippen LogP contribution is 2.44. The molecule has 0 saturated carbocycles. The molecule has 1 unspecified atom stereocenters. The van der Waals surface area contributed by atoms with Gasteiger partial charge < -0.3 is 24.2 Å². The van der Waals surface area contributed by atoms with Gasteiger partial charge >= 0.3 is 6.09 Å². The number of sulfonamides is 1. The molecule has 1 aliphatic heterocycles. The van der Waals surface area contributed by atoms with Gasteiger partial charge in [0, 0.05) is 42.3 Å². The van der Waals surface area contributed by atoms with E-state index in [0.717, 1.165) is 23.4 Å². The number of nitrogens with one attached hydrogen (secondary N) is 1. The Kier molecular flexibility index (Phi) is 9.36. The molecule has 0 bridgehead atoms. The summed E-state index contributed by atoms with van der Waals surface area (Å²) in [6.07, 6.45) is 5.45. The van der Waals surface area contributed by atoms with Crippen molar-refractivity contribution in [3.05, 3.63) is 90.5 Å². The summed E-state index contributed by atoms with van der Waals surface area (Å²) in [4.78, 5) is 28.1. The van der Waals surface area contributed by atoms with E-state index in [-0.39, 0.29) is 34.9 Å². The fourth-order valence-corrected chi connectivity index (χ4v) is 7.31. The molecule has 3 aromatic carbocycles. The molecular weight excluding hydrogens is 702 g/mol. The molecule has 0 aliphatic carbocycles. The second-order valence-electron chi connectivity index (χ2n) is 13.9. The smallest absolute Gasteiger partial charge is 0.410 e. The number of likely N-dealkylation sites (tertiary alicyclic amines) is 1. The number of anilines is 3. The minimum Gasteiger partial charge on any atom is -0.444 e. The Bertz CT molecular complexity index is 2450. The van der Waals surface area contributed by atoms with Crippen molar-refractivity contribution < 1.29 is 31.6 Å². The number of aromatic nitrogens is 4. The van der Waals surface area contributed by atoms with Crippen LogP contribution in [0, 0.1) is 12.7 Å². The number of aryl methyl sites for hydroxylation is 1. The third-order valence-electron chi connectivity index (χ3n) is 8.66. The van der Waals surface area contributed by atoms with Crippen molar-refractivity contribution in [3.8, 4) is 22.9 Å². The maximum atomic E-state index is 15.9. The van der Waals surface area contributed by atoms with Crippen molar-refractivity contribution in [2.75, 3.05) is 29.0 Å². The lowest BCUT2D eigenvalue weighted by molar-refractivity contribution is 0.0206. The van der Waals surface area contributed by atoms with E-state index < -0.39 is 21.4 Å². The average molecular weight is 740 g/mol. The zero-order valence-electron chi connectivity index (χ0n) is 29.8. The number of rotatable bonds is 8. The van der Waals surface area contributed by atoms with Crippen molar-refractivity contribution in [1.29, 1.82) is 0 Å². The van der Waals surface area contributed by atoms with Crippen molar-refractivity contribution in [1.82, 2.24) is 25.0 Å². The zero-order chi connectivity index (χ0) is 37.5. The van der Waals surface area contributed by atoms with Gasteiger partial charge in [-0.1, -0.05) is 29.4 Å². The molecule has 1 saturated heterocycles. The lowest BCUT2D eigenvalue weighted by Gasteiger charge is -2.34. The van der Waals surface area contributed by atoms with Crippen LogP contribution in [-0.4, -0.2) is 70.5 Å². The molecule has 274 valence electrons. The van der Waals surface area contributed by atoms with Gasteiger partial charge in [0.05, 0.1) is 22.9 Å². The van der Waals surface area contributed by atoms with E-state index in [9.17, 15) is 13.2 Å². The molecule has 1 amide bonds. The summed E-state index contributed by atoms with van der Waals surface area (Å²) < 4.78 is 61.0. The van der Waals surface area contributed by atoms with Crippen molar-refractivity contribution in [2.45, 2.75) is 52.2 Å². The molecule has 1 aliphatic rings. The molecule has 6 aromatic rings. The van der Waals surface area contributed by atoms with Crippen LogP contribution < -0.4 is 14.4 Å². The molecule has 13 nitrogen and oxygen atoms in total. The van der Waals surface area contributed by atoms with E-state index in [2.05, 4.69) is 20.4 Å². The van der Waals surface area contributed by atoms with E-state index in [1.807, 2.05) is 33.8 Å². The number of carbonyl (C=O) groups excluding carboxylic acids is 1. The second-order valence-corrected chi connectivity index (χ2v) is 15.7. The number of fused-ring (bicyclic) bond motifs is 2. The number of hydrogen-bond acceptors (Lipinski definition) is 11. The Morgan fingerprint density at radius 1 is 1.00 bits per heavy atom. The third kappa shape index (κ3) is 7.42. The molecule has 4 heterocycles. The van der Waals surface area contributed by atoms with Gasteiger partial charge in [-0.25, -0.2) is 36.9 Å². The van der Waals surface area contributed by atoms with E-state index in [0.29, 0.717) is 58.0 Å². The highest BCUT2D eigenvalue weighted by molar-refractivity contribution is 7.92. The van der Waals surface area contributed by atoms with Crippen LogP contribution in [0.5, 0.6) is 11.6 Å². The standard InChI is InChI=1S/C38H38FN7O6S/c1-23-14-15-25-26(16-17-29(39)32(25)46(53(5,48)49)34-28-11-6-7-13-31(28)52-44-34)33(23)50-35-27(12-8-19-40-35)30-18-20-41-36(43-30)42-24-10-9-21-45(22-24)37(47)51-38(2,3)4/h6-8,11-20,24H,9-10,21-22H2,1-5H3,(H,41,42,43). The summed E-state index contributed by atoms with van der Waals surface area (Å²) in [5.74, 6) is 0.0879. The molecule has 15 heteroatoms. The summed E-state index contributed by atoms with van der Waals surface area (Å²) in [5.41, 5.74) is 1.31. The highest BCUT2D eigenvalue weighted by Gasteiger charge is 2.31. The Morgan fingerprint density at radius 2 is 1.79 bits per heavy atom. The number of para-hydroxylation sites is 1. The van der Waals surface area contributed by atoms with Crippen LogP contribution in [-0.2, 0) is 14.8 Å². The van der Waals surface area contributed by atoms with Gasteiger partial charge in [-0.05, 0) is 88.6 Å². The Labute approximate surface area is 305 Å². The van der Waals surface area contributed by atoms with Crippen LogP contribution >= 0.6 is 0 Å². The van der Waals surface area contributed by atoms with Gasteiger partial charge in [-0.3, -0.25) is 0 Å². The van der Waals surface area contributed by atoms with Gasteiger partial charge in [0.15, 0.2) is 11.4 Å². The van der Waals surface area contributed by atoms with Crippen molar-refractivity contribution in [2.24, 2.45) is 0 Å². The number of halogens is 1. The van der Waals surface area contributed by atoms with Gasteiger partial charge in [0.1, 0.15) is 22.9 Å². The number of amides is 1. The fourth-order valence-electron chi connectivity index (χ4n) is 6.35. The molecule has 0 radical (unpaired) electrons. The maximum absolute atomic E-state index is 15.9. The van der Waals surface area contributed by atoms with Gasteiger partial charge in [-0.2, -0.15) is 0 Å². The fraction of sp³-hybridized carbons (Fsp3) is 0.289. The Hall–Kier alpha value is -5.83. The highest BCUT2D eigenvalue weighted by atomic mass is 32.2. The molecule has 53 heavy (non-hydrogen) atoms. The normalized spacial score (nSPS) is 15.1. The predicted molar refractivity (Wildman–Crippen MR) is 199 cm³/mol. The quantitative estimate of drug-likeness (QED) is 0.162. The van der Waals surface area contributed by atoms with Crippen LogP contribution in [0.2, 0.25) is 0 Å². The van der Waals surface area contributed by atoms with E-state index in [1.54, 1.807) is 65.8 Å². The topological polar surface area (TPSA) is 153 Å². The minimum absolute atomic E-state index is 0.0662. The SMILES string of the molecule is Cc1ccc2c(N(c3noc4ccccc34)S(C)(=O)=O)c(F)ccc2c1Oc1ncccc1-c1ccnc(NC2CCCN(C(=O)OC(C)(C)C)C2)n1.